The number of rotatable bonds is 8. The Bertz CT molecular complexity index is 696. The smallest absolute Gasteiger partial charge is 0.329 e. The summed E-state index contributed by atoms with van der Waals surface area (Å²) in [4.78, 5) is 10.5. The molecule has 2 aromatic rings. The van der Waals surface area contributed by atoms with Gasteiger partial charge in [0.1, 0.15) is 12.4 Å². The molecule has 2 unspecified atom stereocenters. The average Bonchev–Trinajstić information content (AvgIpc) is 2.92. The van der Waals surface area contributed by atoms with E-state index in [0.717, 1.165) is 25.0 Å². The van der Waals surface area contributed by atoms with Crippen molar-refractivity contribution < 1.29 is 19.4 Å². The molecule has 2 atom stereocenters. The number of ether oxygens (including phenoxy) is 2. The van der Waals surface area contributed by atoms with Crippen LogP contribution in [0.25, 0.3) is 0 Å². The van der Waals surface area contributed by atoms with Crippen LogP contribution in [0.2, 0.25) is 0 Å². The van der Waals surface area contributed by atoms with Crippen LogP contribution in [0.4, 0.5) is 0 Å². The van der Waals surface area contributed by atoms with Crippen LogP contribution in [0, 0.1) is 0 Å². The number of carboxylic acid groups (broad SMARTS) is 1. The largest absolute Gasteiger partial charge is 0.490 e. The van der Waals surface area contributed by atoms with Crippen LogP contribution in [0.3, 0.4) is 0 Å². The molecule has 0 spiro atoms. The molecule has 0 saturated heterocycles. The van der Waals surface area contributed by atoms with Gasteiger partial charge in [-0.1, -0.05) is 48.9 Å². The number of carboxylic acids is 1. The Morgan fingerprint density at radius 3 is 2.48 bits per heavy atom. The third-order valence-electron chi connectivity index (χ3n) is 5.13. The summed E-state index contributed by atoms with van der Waals surface area (Å²) in [6.07, 6.45) is 6.83. The molecule has 1 aliphatic carbocycles. The Morgan fingerprint density at radius 2 is 1.74 bits per heavy atom. The van der Waals surface area contributed by atoms with Crippen molar-refractivity contribution in [3.63, 3.8) is 0 Å². The fourth-order valence-corrected chi connectivity index (χ4v) is 3.72. The lowest BCUT2D eigenvalue weighted by Gasteiger charge is -2.22. The summed E-state index contributed by atoms with van der Waals surface area (Å²) in [6.45, 7) is 0.199. The third kappa shape index (κ3) is 6.40. The van der Waals surface area contributed by atoms with Crippen LogP contribution in [-0.4, -0.2) is 30.4 Å². The van der Waals surface area contributed by atoms with E-state index in [4.69, 9.17) is 14.6 Å². The fourth-order valence-electron chi connectivity index (χ4n) is 3.72. The van der Waals surface area contributed by atoms with Gasteiger partial charge >= 0.3 is 5.97 Å². The van der Waals surface area contributed by atoms with Crippen molar-refractivity contribution in [1.82, 2.24) is 0 Å². The lowest BCUT2D eigenvalue weighted by atomic mass is 9.90. The average molecular weight is 368 g/mol. The molecule has 0 aromatic heterocycles. The van der Waals surface area contributed by atoms with Crippen molar-refractivity contribution in [2.45, 2.75) is 50.5 Å². The van der Waals surface area contributed by atoms with Crippen molar-refractivity contribution in [3.8, 4) is 5.75 Å². The van der Waals surface area contributed by atoms with Gasteiger partial charge in [-0.25, -0.2) is 4.79 Å². The molecule has 0 heterocycles. The van der Waals surface area contributed by atoms with Gasteiger partial charge in [-0.05, 0) is 61.3 Å². The van der Waals surface area contributed by atoms with E-state index in [0.29, 0.717) is 12.5 Å². The highest BCUT2D eigenvalue weighted by atomic mass is 16.5. The number of hydrogen-bond donors (Lipinski definition) is 1. The Kier molecular flexibility index (Phi) is 7.28. The second-order valence-corrected chi connectivity index (χ2v) is 7.21. The molecule has 27 heavy (non-hydrogen) atoms. The molecule has 0 amide bonds. The highest BCUT2D eigenvalue weighted by Gasteiger charge is 2.22. The van der Waals surface area contributed by atoms with Crippen LogP contribution in [0.15, 0.2) is 54.6 Å². The molecule has 0 radical (unpaired) electrons. The monoisotopic (exact) mass is 368 g/mol. The van der Waals surface area contributed by atoms with Gasteiger partial charge in [0.25, 0.3) is 0 Å². The summed E-state index contributed by atoms with van der Waals surface area (Å²) in [5.74, 6) is 0.560. The predicted molar refractivity (Wildman–Crippen MR) is 105 cm³/mol. The zero-order valence-electron chi connectivity index (χ0n) is 15.7. The topological polar surface area (TPSA) is 55.8 Å². The van der Waals surface area contributed by atoms with Crippen molar-refractivity contribution in [1.29, 1.82) is 0 Å². The van der Waals surface area contributed by atoms with Crippen molar-refractivity contribution >= 4 is 5.97 Å². The molecular formula is C23H28O4. The van der Waals surface area contributed by atoms with Crippen molar-refractivity contribution in [2.75, 3.05) is 13.2 Å². The zero-order chi connectivity index (χ0) is 18.9. The van der Waals surface area contributed by atoms with E-state index in [1.165, 1.54) is 30.4 Å². The molecule has 1 N–H and O–H groups in total. The summed E-state index contributed by atoms with van der Waals surface area (Å²) >= 11 is 0. The van der Waals surface area contributed by atoms with Gasteiger partial charge in [0.2, 0.25) is 0 Å². The van der Waals surface area contributed by atoms with E-state index >= 15 is 0 Å². The van der Waals surface area contributed by atoms with E-state index in [1.54, 1.807) is 0 Å². The summed E-state index contributed by atoms with van der Waals surface area (Å²) < 4.78 is 11.3. The number of hydrogen-bond acceptors (Lipinski definition) is 3. The SMILES string of the molecule is O=C(O)COCCc1ccc(C2CCCCC(Oc3ccccc3)C2)cc1. The van der Waals surface area contributed by atoms with Crippen LogP contribution in [0.5, 0.6) is 5.75 Å². The molecule has 4 heteroatoms. The first-order valence-corrected chi connectivity index (χ1v) is 9.81. The normalized spacial score (nSPS) is 20.0. The highest BCUT2D eigenvalue weighted by Crippen LogP contribution is 2.33. The second kappa shape index (κ2) is 10.1. The lowest BCUT2D eigenvalue weighted by molar-refractivity contribution is -0.142. The maximum Gasteiger partial charge on any atom is 0.329 e. The summed E-state index contributed by atoms with van der Waals surface area (Å²) in [5.41, 5.74) is 2.55. The molecule has 1 aliphatic rings. The number of carbonyl (C=O) groups is 1. The van der Waals surface area contributed by atoms with Gasteiger partial charge in [-0.2, -0.15) is 0 Å². The molecule has 1 fully saturated rings. The van der Waals surface area contributed by atoms with E-state index < -0.39 is 5.97 Å². The first-order chi connectivity index (χ1) is 13.2. The Morgan fingerprint density at radius 1 is 1.00 bits per heavy atom. The first kappa shape index (κ1) is 19.4. The molecule has 144 valence electrons. The summed E-state index contributed by atoms with van der Waals surface area (Å²) in [7, 11) is 0. The molecule has 0 aliphatic heterocycles. The van der Waals surface area contributed by atoms with Gasteiger partial charge in [0.05, 0.1) is 12.7 Å². The van der Waals surface area contributed by atoms with Gasteiger partial charge in [0.15, 0.2) is 0 Å². The number of para-hydroxylation sites is 1. The molecular weight excluding hydrogens is 340 g/mol. The van der Waals surface area contributed by atoms with E-state index in [-0.39, 0.29) is 12.7 Å². The van der Waals surface area contributed by atoms with E-state index in [1.807, 2.05) is 30.3 Å². The molecule has 1 saturated carbocycles. The molecule has 3 rings (SSSR count). The minimum Gasteiger partial charge on any atom is -0.490 e. The minimum atomic E-state index is -0.925. The summed E-state index contributed by atoms with van der Waals surface area (Å²) in [6, 6.07) is 18.8. The van der Waals surface area contributed by atoms with Crippen molar-refractivity contribution in [3.05, 3.63) is 65.7 Å². The molecule has 2 aromatic carbocycles. The van der Waals surface area contributed by atoms with Crippen LogP contribution in [-0.2, 0) is 16.0 Å². The Balaban J connectivity index is 1.55. The van der Waals surface area contributed by atoms with Gasteiger partial charge in [0, 0.05) is 0 Å². The third-order valence-corrected chi connectivity index (χ3v) is 5.13. The van der Waals surface area contributed by atoms with Crippen LogP contribution >= 0.6 is 0 Å². The standard InChI is InChI=1S/C23H28O4/c24-23(25)17-26-15-14-18-10-12-19(13-11-18)20-6-4-5-9-22(16-20)27-21-7-2-1-3-8-21/h1-3,7-8,10-13,20,22H,4-6,9,14-17H2,(H,24,25). The van der Waals surface area contributed by atoms with Gasteiger partial charge in [-0.3, -0.25) is 0 Å². The fraction of sp³-hybridized carbons (Fsp3) is 0.435. The quantitative estimate of drug-likeness (QED) is 0.536. The van der Waals surface area contributed by atoms with Crippen molar-refractivity contribution in [2.24, 2.45) is 0 Å². The maximum atomic E-state index is 10.5. The number of aliphatic carboxylic acids is 1. The molecule has 4 nitrogen and oxygen atoms in total. The lowest BCUT2D eigenvalue weighted by Crippen LogP contribution is -2.18. The van der Waals surface area contributed by atoms with Gasteiger partial charge < -0.3 is 14.6 Å². The van der Waals surface area contributed by atoms with Crippen LogP contribution < -0.4 is 4.74 Å². The zero-order valence-corrected chi connectivity index (χ0v) is 15.7. The van der Waals surface area contributed by atoms with E-state index in [9.17, 15) is 4.79 Å². The minimum absolute atomic E-state index is 0.233. The molecule has 0 bridgehead atoms. The predicted octanol–water partition coefficient (Wildman–Crippen LogP) is 4.83. The van der Waals surface area contributed by atoms with Crippen LogP contribution in [0.1, 0.15) is 49.1 Å². The van der Waals surface area contributed by atoms with Gasteiger partial charge in [-0.15, -0.1) is 0 Å². The number of benzene rings is 2. The Hall–Kier alpha value is -2.33. The Labute approximate surface area is 161 Å². The first-order valence-electron chi connectivity index (χ1n) is 9.81. The highest BCUT2D eigenvalue weighted by molar-refractivity contribution is 5.67. The summed E-state index contributed by atoms with van der Waals surface area (Å²) in [5, 5.41) is 8.59. The maximum absolute atomic E-state index is 10.5. The second-order valence-electron chi connectivity index (χ2n) is 7.21. The van der Waals surface area contributed by atoms with E-state index in [2.05, 4.69) is 24.3 Å².